The summed E-state index contributed by atoms with van der Waals surface area (Å²) in [7, 11) is -4.17. The van der Waals surface area contributed by atoms with Gasteiger partial charge in [0.2, 0.25) is 0 Å². The third-order valence-corrected chi connectivity index (χ3v) is 0. The van der Waals surface area contributed by atoms with Crippen molar-refractivity contribution in [3.8, 4) is 0 Å². The maximum Gasteiger partial charge on any atom is 1.00 e. The minimum atomic E-state index is -4.17. The van der Waals surface area contributed by atoms with Gasteiger partial charge in [-0.25, -0.2) is 5.14 Å². The fourth-order valence-corrected chi connectivity index (χ4v) is 0. The monoisotopic (exact) mass is 159 g/mol. The van der Waals surface area contributed by atoms with Gasteiger partial charge in [-0.05, 0) is 0 Å². The van der Waals surface area contributed by atoms with E-state index >= 15 is 0 Å². The molecule has 4 N–H and O–H groups in total. The van der Waals surface area contributed by atoms with Crippen LogP contribution in [0.2, 0.25) is 0 Å². The predicted molar refractivity (Wildman–Crippen MR) is 26.7 cm³/mol. The van der Waals surface area contributed by atoms with Crippen LogP contribution in [-0.4, -0.2) is 24.5 Å². The van der Waals surface area contributed by atoms with Crippen molar-refractivity contribution in [3.05, 3.63) is 0 Å². The molecule has 0 aromatic heterocycles. The van der Waals surface area contributed by atoms with Crippen molar-refractivity contribution in [2.24, 2.45) is 5.14 Å². The Morgan fingerprint density at radius 1 is 1.40 bits per heavy atom. The fourth-order valence-electron chi connectivity index (χ4n) is 0. The third kappa shape index (κ3) is 1690. The topological polar surface area (TPSA) is 118 Å². The number of carboxylic acid groups (broad SMARTS) is 1. The van der Waals surface area contributed by atoms with E-state index < -0.39 is 10.3 Å². The zero-order valence-electron chi connectivity index (χ0n) is 7.68. The molecule has 0 aliphatic rings. The third-order valence-electron chi connectivity index (χ3n) is 0. The van der Waals surface area contributed by atoms with Crippen molar-refractivity contribution in [2.75, 3.05) is 0 Å². The van der Waals surface area contributed by atoms with E-state index in [2.05, 4.69) is 5.14 Å². The molecule has 0 fully saturated rings. The SMILES string of the molecule is NS(=O)(=O)O.O=CO.[H-].[H-].[Li+].[Li+]. The maximum absolute atomic E-state index is 8.97. The molecule has 10 heavy (non-hydrogen) atoms. The quantitative estimate of drug-likeness (QED) is 0.184. The van der Waals surface area contributed by atoms with Crippen LogP contribution < -0.4 is 42.9 Å². The zero-order chi connectivity index (χ0) is 7.21. The molecule has 0 aromatic carbocycles. The van der Waals surface area contributed by atoms with Crippen molar-refractivity contribution in [1.29, 1.82) is 0 Å². The second-order valence-corrected chi connectivity index (χ2v) is 1.65. The van der Waals surface area contributed by atoms with E-state index in [1.807, 2.05) is 0 Å². The van der Waals surface area contributed by atoms with Crippen LogP contribution in [0, 0.1) is 0 Å². The largest absolute Gasteiger partial charge is 1.00 e. The van der Waals surface area contributed by atoms with Gasteiger partial charge in [0, 0.05) is 0 Å². The van der Waals surface area contributed by atoms with Crippen LogP contribution in [0.5, 0.6) is 0 Å². The van der Waals surface area contributed by atoms with Gasteiger partial charge in [0.25, 0.3) is 6.47 Å². The van der Waals surface area contributed by atoms with Gasteiger partial charge in [0.15, 0.2) is 0 Å². The van der Waals surface area contributed by atoms with Crippen molar-refractivity contribution >= 4 is 16.8 Å². The van der Waals surface area contributed by atoms with Crippen molar-refractivity contribution in [3.63, 3.8) is 0 Å². The Morgan fingerprint density at radius 2 is 1.40 bits per heavy atom. The van der Waals surface area contributed by atoms with Crippen LogP contribution in [0.1, 0.15) is 2.85 Å². The van der Waals surface area contributed by atoms with Gasteiger partial charge >= 0.3 is 48.0 Å². The molecule has 0 heterocycles. The summed E-state index contributed by atoms with van der Waals surface area (Å²) < 4.78 is 25.2. The summed E-state index contributed by atoms with van der Waals surface area (Å²) in [5, 5.41) is 10.8. The Morgan fingerprint density at radius 3 is 1.40 bits per heavy atom. The normalized spacial score (nSPS) is 7.00. The Hall–Kier alpha value is 0.535. The summed E-state index contributed by atoms with van der Waals surface area (Å²) in [5.74, 6) is 0. The van der Waals surface area contributed by atoms with Gasteiger partial charge in [-0.1, -0.05) is 0 Å². The average Bonchev–Trinajstić information content (AvgIpc) is 1.27. The van der Waals surface area contributed by atoms with E-state index in [1.165, 1.54) is 0 Å². The first-order valence-corrected chi connectivity index (χ1v) is 2.75. The smallest absolute Gasteiger partial charge is 1.00 e. The fraction of sp³-hybridized carbons (Fsp3) is 0. The molecule has 0 saturated carbocycles. The van der Waals surface area contributed by atoms with Gasteiger partial charge < -0.3 is 7.96 Å². The van der Waals surface area contributed by atoms with E-state index in [-0.39, 0.29) is 47.0 Å². The minimum absolute atomic E-state index is 0. The van der Waals surface area contributed by atoms with Crippen molar-refractivity contribution in [1.82, 2.24) is 0 Å². The van der Waals surface area contributed by atoms with Crippen LogP contribution in [0.15, 0.2) is 0 Å². The molecule has 54 valence electrons. The Labute approximate surface area is 85.4 Å². The van der Waals surface area contributed by atoms with Crippen LogP contribution in [-0.2, 0) is 15.1 Å². The summed E-state index contributed by atoms with van der Waals surface area (Å²) in [5.41, 5.74) is 0. The summed E-state index contributed by atoms with van der Waals surface area (Å²) in [6.45, 7) is -0.250. The van der Waals surface area contributed by atoms with Crippen LogP contribution >= 0.6 is 0 Å². The van der Waals surface area contributed by atoms with Crippen molar-refractivity contribution in [2.45, 2.75) is 0 Å². The maximum atomic E-state index is 8.97. The number of rotatable bonds is 0. The van der Waals surface area contributed by atoms with Crippen LogP contribution in [0.4, 0.5) is 0 Å². The first kappa shape index (κ1) is 22.4. The van der Waals surface area contributed by atoms with E-state index in [1.54, 1.807) is 0 Å². The van der Waals surface area contributed by atoms with E-state index in [9.17, 15) is 0 Å². The molecule has 0 amide bonds. The van der Waals surface area contributed by atoms with E-state index in [0.717, 1.165) is 0 Å². The standard InChI is InChI=1S/CH2O2.2Li.H3NO3S.2H/c2-1-3;;;1-5(2,3)4;;/h1H,(H,2,3);;;(H3,1,2,3,4);;/q;2*+1;;2*-1. The Balaban J connectivity index is -0.0000000119. The molecule has 0 saturated heterocycles. The van der Waals surface area contributed by atoms with Gasteiger partial charge in [-0.15, -0.1) is 0 Å². The molecule has 0 unspecified atom stereocenters. The summed E-state index contributed by atoms with van der Waals surface area (Å²) in [6.07, 6.45) is 0. The molecule has 9 heteroatoms. The van der Waals surface area contributed by atoms with E-state index in [4.69, 9.17) is 22.9 Å². The van der Waals surface area contributed by atoms with Gasteiger partial charge in [-0.3, -0.25) is 9.35 Å². The number of hydrogen-bond acceptors (Lipinski definition) is 3. The van der Waals surface area contributed by atoms with Crippen molar-refractivity contribution < 1.29 is 63.4 Å². The molecule has 0 atom stereocenters. The minimum Gasteiger partial charge on any atom is -1.00 e. The molecule has 6 nitrogen and oxygen atoms in total. The molecular weight excluding hydrogens is 152 g/mol. The number of carbonyl (C=O) groups is 1. The van der Waals surface area contributed by atoms with Crippen LogP contribution in [0.25, 0.3) is 0 Å². The molecule has 0 aliphatic heterocycles. The second kappa shape index (κ2) is 12.2. The van der Waals surface area contributed by atoms with E-state index in [0.29, 0.717) is 0 Å². The first-order chi connectivity index (χ1) is 3.41. The molecule has 0 radical (unpaired) electrons. The Bertz CT molecular complexity index is 142. The average molecular weight is 159 g/mol. The first-order valence-electron chi connectivity index (χ1n) is 1.25. The van der Waals surface area contributed by atoms with Gasteiger partial charge in [0.1, 0.15) is 0 Å². The molecule has 0 rings (SSSR count). The molecular formula is CH7Li2NO5S. The summed E-state index contributed by atoms with van der Waals surface area (Å²) >= 11 is 0. The zero-order valence-corrected chi connectivity index (χ0v) is 6.50. The molecule has 0 bridgehead atoms. The van der Waals surface area contributed by atoms with Crippen LogP contribution in [0.3, 0.4) is 0 Å². The number of nitrogens with two attached hydrogens (primary N) is 1. The van der Waals surface area contributed by atoms with Gasteiger partial charge in [-0.2, -0.15) is 8.42 Å². The molecule has 0 aromatic rings. The summed E-state index contributed by atoms with van der Waals surface area (Å²) in [6, 6.07) is 0. The molecule has 0 aliphatic carbocycles. The predicted octanol–water partition coefficient (Wildman–Crippen LogP) is -7.32. The Kier molecular flexibility index (Phi) is 27.4. The second-order valence-electron chi connectivity index (χ2n) is 0.620. The number of hydrogen-bond donors (Lipinski definition) is 3. The summed E-state index contributed by atoms with van der Waals surface area (Å²) in [4.78, 5) is 8.36. The van der Waals surface area contributed by atoms with Gasteiger partial charge in [0.05, 0.1) is 0 Å². The molecule has 0 spiro atoms.